The lowest BCUT2D eigenvalue weighted by Gasteiger charge is -2.37. The van der Waals surface area contributed by atoms with Gasteiger partial charge in [0.05, 0.1) is 30.8 Å². The highest BCUT2D eigenvalue weighted by molar-refractivity contribution is 8.00. The third-order valence-corrected chi connectivity index (χ3v) is 24.0. The minimum Gasteiger partial charge on any atom is -0.508 e. The molecule has 1 fully saturated rings. The Kier molecular flexibility index (Phi) is 39.3. The molecule has 0 aliphatic carbocycles. The smallest absolute Gasteiger partial charge is 0.293 e. The highest BCUT2D eigenvalue weighted by atomic mass is 32.2. The fourth-order valence-corrected chi connectivity index (χ4v) is 16.5. The van der Waals surface area contributed by atoms with Crippen LogP contribution in [-0.2, 0) is 120 Å². The fraction of sp³-hybridized carbons (Fsp3) is 0.438. The number of rotatable bonds is 25. The molecule has 0 spiro atoms. The van der Waals surface area contributed by atoms with Crippen molar-refractivity contribution in [3.8, 4) is 11.5 Å². The first-order chi connectivity index (χ1) is 61.9. The number of phenols is 2. The second-order valence-electron chi connectivity index (χ2n) is 33.9. The number of hydrogen-bond donors (Lipinski definition) is 10. The molecule has 34 heteroatoms. The molecule has 6 aromatic carbocycles. The fourth-order valence-electron chi connectivity index (χ4n) is 15.6. The van der Waals surface area contributed by atoms with Crippen LogP contribution < -0.4 is 37.6 Å². The number of primary amides is 1. The lowest BCUT2D eigenvalue weighted by molar-refractivity contribution is -0.151. The number of carbonyl (C=O) groups is 16. The molecule has 1 aromatic heterocycles. The van der Waals surface area contributed by atoms with E-state index in [1.54, 1.807) is 119 Å². The Balaban J connectivity index is 1.21. The van der Waals surface area contributed by atoms with Crippen molar-refractivity contribution in [3.05, 3.63) is 203 Å². The van der Waals surface area contributed by atoms with Crippen LogP contribution in [0.1, 0.15) is 119 Å². The average Bonchev–Trinajstić information content (AvgIpc) is 1.43. The van der Waals surface area contributed by atoms with E-state index in [0.717, 1.165) is 37.4 Å². The normalized spacial score (nSPS) is 22.0. The molecule has 0 bridgehead atoms. The van der Waals surface area contributed by atoms with Gasteiger partial charge in [0.15, 0.2) is 11.6 Å². The first-order valence-corrected chi connectivity index (χ1v) is 44.6. The number of nitrogens with one attached hydrogen (secondary N) is 7. The first kappa shape index (κ1) is 102. The van der Waals surface area contributed by atoms with E-state index in [1.165, 1.54) is 107 Å². The summed E-state index contributed by atoms with van der Waals surface area (Å²) in [4.78, 5) is 244. The predicted molar refractivity (Wildman–Crippen MR) is 485 cm³/mol. The molecule has 11 N–H and O–H groups in total. The number of aromatic amines is 1. The largest absolute Gasteiger partial charge is 0.508 e. The van der Waals surface area contributed by atoms with E-state index in [4.69, 9.17) is 10.5 Å². The van der Waals surface area contributed by atoms with E-state index >= 15 is 42.7 Å². The number of aromatic hydroxyl groups is 2. The van der Waals surface area contributed by atoms with E-state index in [-0.39, 0.29) is 86.6 Å². The van der Waals surface area contributed by atoms with Crippen LogP contribution in [0.25, 0.3) is 10.9 Å². The van der Waals surface area contributed by atoms with Gasteiger partial charge in [0.25, 0.3) is 6.47 Å². The average molecular weight is 1810 g/mol. The zero-order valence-corrected chi connectivity index (χ0v) is 75.9. The van der Waals surface area contributed by atoms with Crippen LogP contribution in [0.15, 0.2) is 164 Å². The lowest BCUT2D eigenvalue weighted by atomic mass is 9.84. The van der Waals surface area contributed by atoms with Gasteiger partial charge >= 0.3 is 0 Å². The van der Waals surface area contributed by atoms with Gasteiger partial charge in [-0.25, -0.2) is 4.39 Å². The molecular weight excluding hydrogens is 1690 g/mol. The second kappa shape index (κ2) is 50.0. The number of para-hydroxylation sites is 1. The molecule has 696 valence electrons. The molecule has 1 aliphatic heterocycles. The number of thioether (sulfide) groups is 1. The Bertz CT molecular complexity index is 5100. The van der Waals surface area contributed by atoms with Gasteiger partial charge in [0, 0.05) is 128 Å². The summed E-state index contributed by atoms with van der Waals surface area (Å²) in [6, 6.07) is 27.6. The number of unbranched alkanes of at least 4 members (excludes halogenated alkanes) is 1. The molecule has 130 heavy (non-hydrogen) atoms. The first-order valence-electron chi connectivity index (χ1n) is 43.4. The maximum absolute atomic E-state index is 15.6. The molecule has 1 saturated heterocycles. The van der Waals surface area contributed by atoms with E-state index in [1.807, 2.05) is 6.92 Å². The Hall–Kier alpha value is -13.1. The maximum Gasteiger partial charge on any atom is 0.293 e. The molecule has 32 nitrogen and oxygen atoms in total. The maximum atomic E-state index is 15.6. The van der Waals surface area contributed by atoms with Gasteiger partial charge in [-0.3, -0.25) is 76.7 Å². The second-order valence-corrected chi connectivity index (χ2v) is 34.9. The zero-order chi connectivity index (χ0) is 95.0. The standard InChI is InChI=1S/C96H120FN13O19S/c1-11-12-30-80-95(127)106(6)52-70(114)48-66(54-129-57-111)84(116)50-72(59(4)5)92(124)109(9)81(46-60-22-15-13-16-23-60)91(123)104-77(44-63-33-37-69(113)38-34-63)93(125)107(7)53-86(118)100-76(49-65-51-99-73-29-20-19-28-71(65)73)90(122)103-75(43-62-31-35-68(112)36-32-62)89(121)102-74(41-58(2)3)88(120)105-79(83(115)39-40-85(98)117)55-130-56-87(119)101-78(45-64-26-21-27-67(97)42-64)94(126)110(10)82(96(128)108(80)8)47-61-24-17-14-18-25-61/h13-29,31-38,42,51,57-59,66,72,74-82,99,112-113H,11-12,30,39-41,43-50,52-56H2,1-10H3,(H2,98,117)(H,100,118)(H,101,119)(H,102,121)(H,103,122)(H,104,123)(H,105,120)/t66-,72-,74-,75-,76-,77-,78-,79-,80-,81-,82-/m0/s1. The molecule has 0 unspecified atom stereocenters. The van der Waals surface area contributed by atoms with Gasteiger partial charge in [0.1, 0.15) is 78.0 Å². The minimum absolute atomic E-state index is 0.0501. The summed E-state index contributed by atoms with van der Waals surface area (Å²) in [7, 11) is 6.66. The topological polar surface area (TPSA) is 453 Å². The van der Waals surface area contributed by atoms with Crippen molar-refractivity contribution in [2.24, 2.45) is 29.4 Å². The molecule has 11 atom stereocenters. The Labute approximate surface area is 760 Å². The minimum atomic E-state index is -1.59. The van der Waals surface area contributed by atoms with Gasteiger partial charge in [-0.05, 0) is 101 Å². The quantitative estimate of drug-likeness (QED) is 0.0312. The van der Waals surface area contributed by atoms with E-state index in [0.29, 0.717) is 51.6 Å². The van der Waals surface area contributed by atoms with Crippen LogP contribution in [0.3, 0.4) is 0 Å². The Morgan fingerprint density at radius 2 is 1.04 bits per heavy atom. The third kappa shape index (κ3) is 30.8. The number of ether oxygens (including phenoxy) is 1. The number of halogens is 1. The molecular formula is C96H120FN13O19S. The van der Waals surface area contributed by atoms with Crippen molar-refractivity contribution < 1.29 is 96.1 Å². The number of aromatic nitrogens is 1. The summed E-state index contributed by atoms with van der Waals surface area (Å²) >= 11 is 0.824. The zero-order valence-electron chi connectivity index (χ0n) is 75.0. The lowest BCUT2D eigenvalue weighted by Crippen LogP contribution is -2.59. The van der Waals surface area contributed by atoms with Crippen molar-refractivity contribution in [1.29, 1.82) is 0 Å². The number of ketones is 3. The van der Waals surface area contributed by atoms with Crippen LogP contribution >= 0.6 is 11.8 Å². The van der Waals surface area contributed by atoms with Crippen molar-refractivity contribution >= 4 is 117 Å². The molecule has 1 aliphatic rings. The van der Waals surface area contributed by atoms with Crippen LogP contribution in [0.4, 0.5) is 4.39 Å². The van der Waals surface area contributed by atoms with Gasteiger partial charge in [-0.15, -0.1) is 11.8 Å². The molecule has 2 heterocycles. The van der Waals surface area contributed by atoms with Gasteiger partial charge in [0.2, 0.25) is 70.9 Å². The van der Waals surface area contributed by atoms with Gasteiger partial charge < -0.3 is 82.1 Å². The molecule has 12 amide bonds. The number of Topliss-reactive ketones (excluding diaryl/α,β-unsaturated/α-hetero) is 3. The summed E-state index contributed by atoms with van der Waals surface area (Å²) in [5, 5.41) is 38.0. The number of phenolic OH excluding ortho intramolecular Hbond substituents is 2. The number of fused-ring (bicyclic) bond motifs is 1. The monoisotopic (exact) mass is 1810 g/mol. The van der Waals surface area contributed by atoms with E-state index in [2.05, 4.69) is 36.9 Å². The molecule has 0 radical (unpaired) electrons. The number of carbonyl (C=O) groups excluding carboxylic acids is 16. The SMILES string of the molecule is CCCC[C@H]1C(=O)N(C)CC(=O)C[C@@H](COC=O)C(=O)C[C@@H](C(C)C)C(=O)N(C)[C@@H](Cc2ccccc2)C(=O)N[C@@H](Cc2ccc(O)cc2)C(=O)N(C)CC(=O)N[C@@H](Cc2c[nH]c3ccccc23)C(=O)N[C@@H](Cc2ccc(O)cc2)C(=O)N[C@@H](CC(C)C)C(=O)N[C@H](C(=O)CCC(N)=O)CSCC(=O)N[C@@H](Cc2cccc(F)c2)C(=O)N(C)[C@@H](Cc2ccccc2)C(=O)N1C. The van der Waals surface area contributed by atoms with Crippen LogP contribution in [-0.4, -0.2) is 255 Å². The van der Waals surface area contributed by atoms with E-state index < -0.39 is 217 Å². The molecule has 8 rings (SSSR count). The Morgan fingerprint density at radius 3 is 1.63 bits per heavy atom. The summed E-state index contributed by atoms with van der Waals surface area (Å²) in [5.74, 6) is -17.7. The number of hydrogen-bond acceptors (Lipinski definition) is 20. The highest BCUT2D eigenvalue weighted by Gasteiger charge is 2.42. The van der Waals surface area contributed by atoms with Crippen molar-refractivity contribution in [2.45, 2.75) is 179 Å². The van der Waals surface area contributed by atoms with Gasteiger partial charge in [-0.1, -0.05) is 163 Å². The van der Waals surface area contributed by atoms with Crippen molar-refractivity contribution in [1.82, 2.24) is 61.4 Å². The summed E-state index contributed by atoms with van der Waals surface area (Å²) in [6.45, 7) is 6.73. The predicted octanol–water partition coefficient (Wildman–Crippen LogP) is 5.58. The van der Waals surface area contributed by atoms with Crippen LogP contribution in [0.2, 0.25) is 0 Å². The van der Waals surface area contributed by atoms with E-state index in [9.17, 15) is 48.6 Å². The molecule has 0 saturated carbocycles. The molecule has 7 aromatic rings. The van der Waals surface area contributed by atoms with Crippen LogP contribution in [0.5, 0.6) is 11.5 Å². The van der Waals surface area contributed by atoms with Gasteiger partial charge in [-0.2, -0.15) is 0 Å². The third-order valence-electron chi connectivity index (χ3n) is 23.0. The number of amides is 12. The highest BCUT2D eigenvalue weighted by Crippen LogP contribution is 2.28. The summed E-state index contributed by atoms with van der Waals surface area (Å²) in [6.07, 6.45) is -1.08. The van der Waals surface area contributed by atoms with Crippen molar-refractivity contribution in [3.63, 3.8) is 0 Å². The van der Waals surface area contributed by atoms with Crippen molar-refractivity contribution in [2.75, 3.05) is 66.4 Å². The summed E-state index contributed by atoms with van der Waals surface area (Å²) in [5.41, 5.74) is 8.89. The van der Waals surface area contributed by atoms with Crippen LogP contribution in [0, 0.1) is 29.5 Å². The summed E-state index contributed by atoms with van der Waals surface area (Å²) < 4.78 is 20.2. The number of benzene rings is 6. The Morgan fingerprint density at radius 1 is 0.523 bits per heavy atom. The number of likely N-dealkylation sites (N-methyl/N-ethyl adjacent to an activating group) is 5. The number of nitrogens with zero attached hydrogens (tertiary/aromatic N) is 5. The number of H-pyrrole nitrogens is 1. The number of nitrogens with two attached hydrogens (primary N) is 1.